The molecule has 0 spiro atoms. The summed E-state index contributed by atoms with van der Waals surface area (Å²) in [6.07, 6.45) is 1.44. The van der Waals surface area contributed by atoms with Gasteiger partial charge in [0.25, 0.3) is 0 Å². The number of aliphatic carboxylic acids is 1. The largest absolute Gasteiger partial charge is 0.480 e. The number of carboxylic acid groups (broad SMARTS) is 1. The van der Waals surface area contributed by atoms with Crippen LogP contribution >= 0.6 is 0 Å². The highest BCUT2D eigenvalue weighted by molar-refractivity contribution is 7.93. The minimum absolute atomic E-state index is 0.115. The van der Waals surface area contributed by atoms with Crippen molar-refractivity contribution < 1.29 is 23.1 Å². The molecule has 0 aliphatic carbocycles. The van der Waals surface area contributed by atoms with Crippen molar-refractivity contribution in [1.29, 1.82) is 0 Å². The molecule has 1 aromatic rings. The van der Waals surface area contributed by atoms with E-state index in [1.165, 1.54) is 18.3 Å². The molecule has 94 valence electrons. The van der Waals surface area contributed by atoms with E-state index in [1.54, 1.807) is 6.92 Å². The van der Waals surface area contributed by atoms with Gasteiger partial charge in [-0.25, -0.2) is 13.4 Å². The zero-order chi connectivity index (χ0) is 12.9. The van der Waals surface area contributed by atoms with Gasteiger partial charge < -0.3 is 9.84 Å². The Morgan fingerprint density at radius 3 is 2.88 bits per heavy atom. The number of nitrogens with zero attached hydrogens (tertiary/aromatic N) is 1. The molecule has 2 N–H and O–H groups in total. The summed E-state index contributed by atoms with van der Waals surface area (Å²) in [7, 11) is -3.94. The van der Waals surface area contributed by atoms with Gasteiger partial charge in [0.2, 0.25) is 15.9 Å². The average Bonchev–Trinajstić information content (AvgIpc) is 2.18. The number of carbonyl (C=O) groups is 1. The Hall–Kier alpha value is -1.83. The normalized spacial score (nSPS) is 10.9. The van der Waals surface area contributed by atoms with Crippen LogP contribution in [0.1, 0.15) is 6.92 Å². The van der Waals surface area contributed by atoms with E-state index in [0.717, 1.165) is 0 Å². The maximum Gasteiger partial charge on any atom is 0.320 e. The predicted molar refractivity (Wildman–Crippen MR) is 60.5 cm³/mol. The van der Waals surface area contributed by atoms with Gasteiger partial charge in [-0.05, 0) is 19.1 Å². The quantitative estimate of drug-likeness (QED) is 0.762. The van der Waals surface area contributed by atoms with E-state index in [2.05, 4.69) is 9.71 Å². The number of aromatic nitrogens is 1. The minimum atomic E-state index is -3.94. The number of nitrogens with one attached hydrogen (secondary N) is 1. The molecule has 8 heteroatoms. The van der Waals surface area contributed by atoms with E-state index in [4.69, 9.17) is 9.84 Å². The molecular weight excluding hydrogens is 248 g/mol. The molecule has 0 bridgehead atoms. The summed E-state index contributed by atoms with van der Waals surface area (Å²) in [5.41, 5.74) is 0.121. The second-order valence-electron chi connectivity index (χ2n) is 3.04. The van der Waals surface area contributed by atoms with Gasteiger partial charge in [-0.15, -0.1) is 0 Å². The zero-order valence-electron chi connectivity index (χ0n) is 9.08. The van der Waals surface area contributed by atoms with Crippen molar-refractivity contribution in [2.45, 2.75) is 6.92 Å². The third-order valence-electron chi connectivity index (χ3n) is 1.63. The van der Waals surface area contributed by atoms with E-state index in [1.807, 2.05) is 0 Å². The van der Waals surface area contributed by atoms with Crippen LogP contribution in [-0.2, 0) is 14.8 Å². The van der Waals surface area contributed by atoms with Gasteiger partial charge in [-0.3, -0.25) is 9.52 Å². The highest BCUT2D eigenvalue weighted by Gasteiger charge is 2.17. The molecule has 17 heavy (non-hydrogen) atoms. The Kier molecular flexibility index (Phi) is 4.27. The topological polar surface area (TPSA) is 106 Å². The van der Waals surface area contributed by atoms with Gasteiger partial charge in [0.05, 0.1) is 6.61 Å². The van der Waals surface area contributed by atoms with Crippen LogP contribution in [0.3, 0.4) is 0 Å². The highest BCUT2D eigenvalue weighted by atomic mass is 32.2. The third-order valence-corrected chi connectivity index (χ3v) is 2.79. The van der Waals surface area contributed by atoms with Crippen LogP contribution in [0.5, 0.6) is 5.88 Å². The van der Waals surface area contributed by atoms with Gasteiger partial charge >= 0.3 is 5.97 Å². The molecule has 0 aromatic carbocycles. The van der Waals surface area contributed by atoms with E-state index in [0.29, 0.717) is 6.61 Å². The lowest BCUT2D eigenvalue weighted by molar-refractivity contribution is -0.134. The Balaban J connectivity index is 2.91. The number of hydrogen-bond donors (Lipinski definition) is 2. The van der Waals surface area contributed by atoms with Crippen molar-refractivity contribution in [3.63, 3.8) is 0 Å². The van der Waals surface area contributed by atoms with E-state index in [9.17, 15) is 13.2 Å². The van der Waals surface area contributed by atoms with E-state index in [-0.39, 0.29) is 11.6 Å². The molecule has 7 nitrogen and oxygen atoms in total. The van der Waals surface area contributed by atoms with Crippen LogP contribution in [0.25, 0.3) is 0 Å². The minimum Gasteiger partial charge on any atom is -0.480 e. The van der Waals surface area contributed by atoms with Gasteiger partial charge in [0, 0.05) is 6.20 Å². The SMILES string of the molecule is CCOc1ncccc1NS(=O)(=O)CC(=O)O. The first-order valence-electron chi connectivity index (χ1n) is 4.74. The molecule has 0 saturated heterocycles. The first-order valence-corrected chi connectivity index (χ1v) is 6.40. The molecule has 1 rings (SSSR count). The summed E-state index contributed by atoms with van der Waals surface area (Å²) in [6.45, 7) is 2.05. The monoisotopic (exact) mass is 260 g/mol. The Bertz CT molecular complexity index is 500. The summed E-state index contributed by atoms with van der Waals surface area (Å²) in [6, 6.07) is 2.96. The molecule has 1 aromatic heterocycles. The summed E-state index contributed by atoms with van der Waals surface area (Å²) in [5.74, 6) is -2.32. The van der Waals surface area contributed by atoms with Gasteiger partial charge in [0.1, 0.15) is 5.69 Å². The Morgan fingerprint density at radius 1 is 1.59 bits per heavy atom. The molecule has 0 aliphatic heterocycles. The van der Waals surface area contributed by atoms with Crippen LogP contribution in [-0.4, -0.2) is 36.8 Å². The van der Waals surface area contributed by atoms with Gasteiger partial charge in [-0.1, -0.05) is 0 Å². The highest BCUT2D eigenvalue weighted by Crippen LogP contribution is 2.21. The predicted octanol–water partition coefficient (Wildman–Crippen LogP) is 0.307. The molecule has 1 heterocycles. The Labute approximate surface area is 98.5 Å². The van der Waals surface area contributed by atoms with Gasteiger partial charge in [-0.2, -0.15) is 0 Å². The van der Waals surface area contributed by atoms with Crippen LogP contribution in [0, 0.1) is 0 Å². The molecule has 0 atom stereocenters. The standard InChI is InChI=1S/C9H12N2O5S/c1-2-16-9-7(4-3-5-10-9)11-17(14,15)6-8(12)13/h3-5,11H,2,6H2,1H3,(H,12,13). The van der Waals surface area contributed by atoms with Crippen molar-refractivity contribution in [2.75, 3.05) is 17.1 Å². The summed E-state index contributed by atoms with van der Waals surface area (Å²) in [4.78, 5) is 14.2. The van der Waals surface area contributed by atoms with Crippen LogP contribution in [0.2, 0.25) is 0 Å². The molecular formula is C9H12N2O5S. The maximum atomic E-state index is 11.4. The second kappa shape index (κ2) is 5.48. The Morgan fingerprint density at radius 2 is 2.29 bits per heavy atom. The van der Waals surface area contributed by atoms with Crippen LogP contribution in [0.4, 0.5) is 5.69 Å². The van der Waals surface area contributed by atoms with Crippen molar-refractivity contribution in [3.05, 3.63) is 18.3 Å². The van der Waals surface area contributed by atoms with Crippen LogP contribution in [0.15, 0.2) is 18.3 Å². The maximum absolute atomic E-state index is 11.4. The summed E-state index contributed by atoms with van der Waals surface area (Å²) < 4.78 is 30.0. The second-order valence-corrected chi connectivity index (χ2v) is 4.77. The molecule has 0 radical (unpaired) electrons. The fourth-order valence-corrected chi connectivity index (χ4v) is 1.97. The number of hydrogen-bond acceptors (Lipinski definition) is 5. The van der Waals surface area contributed by atoms with Crippen LogP contribution < -0.4 is 9.46 Å². The van der Waals surface area contributed by atoms with Crippen molar-refractivity contribution in [2.24, 2.45) is 0 Å². The van der Waals surface area contributed by atoms with E-state index >= 15 is 0 Å². The zero-order valence-corrected chi connectivity index (χ0v) is 9.90. The van der Waals surface area contributed by atoms with Gasteiger partial charge in [0.15, 0.2) is 5.75 Å². The molecule has 0 fully saturated rings. The lowest BCUT2D eigenvalue weighted by Crippen LogP contribution is -2.22. The number of anilines is 1. The van der Waals surface area contributed by atoms with Crippen molar-refractivity contribution in [3.8, 4) is 5.88 Å². The summed E-state index contributed by atoms with van der Waals surface area (Å²) in [5, 5.41) is 8.43. The lowest BCUT2D eigenvalue weighted by atomic mass is 10.4. The lowest BCUT2D eigenvalue weighted by Gasteiger charge is -2.10. The first kappa shape index (κ1) is 13.2. The first-order chi connectivity index (χ1) is 7.94. The third kappa shape index (κ3) is 4.27. The average molecular weight is 260 g/mol. The fourth-order valence-electron chi connectivity index (χ4n) is 1.09. The summed E-state index contributed by atoms with van der Waals surface area (Å²) >= 11 is 0. The molecule has 0 amide bonds. The number of sulfonamides is 1. The fraction of sp³-hybridized carbons (Fsp3) is 0.333. The van der Waals surface area contributed by atoms with Crippen molar-refractivity contribution in [1.82, 2.24) is 4.98 Å². The number of ether oxygens (including phenoxy) is 1. The number of pyridine rings is 1. The molecule has 0 saturated carbocycles. The van der Waals surface area contributed by atoms with E-state index < -0.39 is 21.7 Å². The smallest absolute Gasteiger partial charge is 0.320 e. The molecule has 0 unspecified atom stereocenters. The van der Waals surface area contributed by atoms with Crippen molar-refractivity contribution >= 4 is 21.7 Å². The number of carboxylic acids is 1. The molecule has 0 aliphatic rings. The number of rotatable bonds is 6.